The normalized spacial score (nSPS) is 22.8. The Labute approximate surface area is 115 Å². The number of aromatic nitrogens is 1. The van der Waals surface area contributed by atoms with Gasteiger partial charge in [0.25, 0.3) is 0 Å². The molecule has 5 nitrogen and oxygen atoms in total. The van der Waals surface area contributed by atoms with E-state index in [1.807, 2.05) is 0 Å². The van der Waals surface area contributed by atoms with E-state index in [4.69, 9.17) is 5.11 Å². The van der Waals surface area contributed by atoms with E-state index in [2.05, 4.69) is 17.2 Å². The first-order valence-corrected chi connectivity index (χ1v) is 7.05. The molecule has 0 radical (unpaired) electrons. The van der Waals surface area contributed by atoms with Gasteiger partial charge >= 0.3 is 5.97 Å². The van der Waals surface area contributed by atoms with Crippen LogP contribution in [0.2, 0.25) is 0 Å². The van der Waals surface area contributed by atoms with Gasteiger partial charge in [0.1, 0.15) is 0 Å². The van der Waals surface area contributed by atoms with Crippen molar-refractivity contribution in [3.05, 3.63) is 17.2 Å². The van der Waals surface area contributed by atoms with Crippen LogP contribution in [0.5, 0.6) is 0 Å². The summed E-state index contributed by atoms with van der Waals surface area (Å²) in [7, 11) is 0. The smallest absolute Gasteiger partial charge is 0.328 e. The van der Waals surface area contributed by atoms with Gasteiger partial charge in [-0.15, -0.1) is 0 Å². The van der Waals surface area contributed by atoms with Crippen molar-refractivity contribution in [2.45, 2.75) is 26.2 Å². The van der Waals surface area contributed by atoms with Gasteiger partial charge in [0.2, 0.25) is 5.91 Å². The summed E-state index contributed by atoms with van der Waals surface area (Å²) < 4.78 is 0. The van der Waals surface area contributed by atoms with Gasteiger partial charge in [-0.2, -0.15) is 0 Å². The fourth-order valence-corrected chi connectivity index (χ4v) is 3.03. The lowest BCUT2D eigenvalue weighted by Gasteiger charge is -2.13. The highest BCUT2D eigenvalue weighted by molar-refractivity contribution is 7.16. The minimum absolute atomic E-state index is 0.0214. The lowest BCUT2D eigenvalue weighted by Crippen LogP contribution is -2.24. The topological polar surface area (TPSA) is 79.3 Å². The Kier molecular flexibility index (Phi) is 4.31. The largest absolute Gasteiger partial charge is 0.478 e. The van der Waals surface area contributed by atoms with E-state index in [-0.39, 0.29) is 11.8 Å². The van der Waals surface area contributed by atoms with Crippen LogP contribution in [-0.2, 0) is 9.59 Å². The molecule has 1 amide bonds. The number of carbonyl (C=O) groups excluding carboxylic acids is 1. The van der Waals surface area contributed by atoms with Gasteiger partial charge in [-0.3, -0.25) is 4.79 Å². The monoisotopic (exact) mass is 280 g/mol. The molecule has 0 aliphatic heterocycles. The number of carboxylic acid groups (broad SMARTS) is 1. The molecule has 2 atom stereocenters. The molecular weight excluding hydrogens is 264 g/mol. The molecule has 1 aliphatic rings. The van der Waals surface area contributed by atoms with Crippen LogP contribution < -0.4 is 5.32 Å². The number of hydrogen-bond donors (Lipinski definition) is 2. The van der Waals surface area contributed by atoms with Crippen molar-refractivity contribution >= 4 is 34.4 Å². The Morgan fingerprint density at radius 2 is 2.32 bits per heavy atom. The van der Waals surface area contributed by atoms with Crippen molar-refractivity contribution in [2.75, 3.05) is 5.32 Å². The highest BCUT2D eigenvalue weighted by Gasteiger charge is 2.29. The molecule has 0 bridgehead atoms. The van der Waals surface area contributed by atoms with E-state index >= 15 is 0 Å². The zero-order chi connectivity index (χ0) is 13.8. The summed E-state index contributed by atoms with van der Waals surface area (Å²) >= 11 is 1.27. The van der Waals surface area contributed by atoms with Gasteiger partial charge < -0.3 is 10.4 Å². The number of nitrogens with zero attached hydrogens (tertiary/aromatic N) is 1. The number of thiazole rings is 1. The Balaban J connectivity index is 1.96. The number of amides is 1. The average molecular weight is 280 g/mol. The van der Waals surface area contributed by atoms with Crippen LogP contribution >= 0.6 is 11.3 Å². The molecule has 0 spiro atoms. The number of hydrogen-bond acceptors (Lipinski definition) is 4. The molecule has 0 aromatic carbocycles. The lowest BCUT2D eigenvalue weighted by atomic mass is 9.97. The zero-order valence-corrected chi connectivity index (χ0v) is 11.4. The molecule has 1 aromatic heterocycles. The molecule has 1 aromatic rings. The third-order valence-electron chi connectivity index (χ3n) is 3.34. The summed E-state index contributed by atoms with van der Waals surface area (Å²) in [6, 6.07) is 0. The summed E-state index contributed by atoms with van der Waals surface area (Å²) in [6.45, 7) is 2.10. The van der Waals surface area contributed by atoms with Crippen LogP contribution in [-0.4, -0.2) is 22.0 Å². The van der Waals surface area contributed by atoms with Gasteiger partial charge in [0, 0.05) is 23.1 Å². The second-order valence-corrected chi connectivity index (χ2v) is 5.81. The van der Waals surface area contributed by atoms with Crippen molar-refractivity contribution in [2.24, 2.45) is 11.8 Å². The molecule has 1 aliphatic carbocycles. The Hall–Kier alpha value is -1.69. The maximum absolute atomic E-state index is 12.0. The van der Waals surface area contributed by atoms with Gasteiger partial charge in [-0.1, -0.05) is 24.7 Å². The third-order valence-corrected chi connectivity index (χ3v) is 4.22. The number of rotatable bonds is 4. The van der Waals surface area contributed by atoms with Crippen molar-refractivity contribution in [3.8, 4) is 0 Å². The highest BCUT2D eigenvalue weighted by atomic mass is 32.1. The number of carbonyl (C=O) groups is 2. The molecule has 102 valence electrons. The first-order chi connectivity index (χ1) is 9.06. The standard InChI is InChI=1S/C13H16N2O3S/c1-8-3-2-4-10(8)12(18)15-13-14-7-9(19-13)5-6-11(16)17/h5-8,10H,2-4H2,1H3,(H,16,17)(H,14,15,18)/b6-5+. The summed E-state index contributed by atoms with van der Waals surface area (Å²) in [5.74, 6) is -0.486. The Bertz CT molecular complexity index is 510. The van der Waals surface area contributed by atoms with Crippen LogP contribution in [0.1, 0.15) is 31.1 Å². The fraction of sp³-hybridized carbons (Fsp3) is 0.462. The van der Waals surface area contributed by atoms with E-state index in [0.29, 0.717) is 15.9 Å². The van der Waals surface area contributed by atoms with E-state index in [1.54, 1.807) is 6.20 Å². The maximum Gasteiger partial charge on any atom is 0.328 e. The van der Waals surface area contributed by atoms with Crippen molar-refractivity contribution in [1.29, 1.82) is 0 Å². The van der Waals surface area contributed by atoms with Gasteiger partial charge in [-0.25, -0.2) is 9.78 Å². The molecule has 2 unspecified atom stereocenters. The molecule has 1 heterocycles. The van der Waals surface area contributed by atoms with Crippen molar-refractivity contribution < 1.29 is 14.7 Å². The van der Waals surface area contributed by atoms with Crippen LogP contribution in [0.25, 0.3) is 6.08 Å². The fourth-order valence-electron chi connectivity index (χ4n) is 2.31. The maximum atomic E-state index is 12.0. The molecular formula is C13H16N2O3S. The van der Waals surface area contributed by atoms with E-state index < -0.39 is 5.97 Å². The van der Waals surface area contributed by atoms with E-state index in [0.717, 1.165) is 25.3 Å². The molecule has 6 heteroatoms. The van der Waals surface area contributed by atoms with Crippen LogP contribution in [0.15, 0.2) is 12.3 Å². The SMILES string of the molecule is CC1CCCC1C(=O)Nc1ncc(/C=C/C(=O)O)s1. The first kappa shape index (κ1) is 13.7. The zero-order valence-electron chi connectivity index (χ0n) is 10.6. The summed E-state index contributed by atoms with van der Waals surface area (Å²) in [4.78, 5) is 27.2. The quantitative estimate of drug-likeness (QED) is 0.831. The molecule has 2 rings (SSSR count). The van der Waals surface area contributed by atoms with E-state index in [1.165, 1.54) is 17.4 Å². The van der Waals surface area contributed by atoms with Gasteiger partial charge in [-0.05, 0) is 24.8 Å². The van der Waals surface area contributed by atoms with Crippen molar-refractivity contribution in [1.82, 2.24) is 4.98 Å². The molecule has 1 fully saturated rings. The number of nitrogens with one attached hydrogen (secondary N) is 1. The second kappa shape index (κ2) is 5.97. The van der Waals surface area contributed by atoms with Crippen molar-refractivity contribution in [3.63, 3.8) is 0 Å². The summed E-state index contributed by atoms with van der Waals surface area (Å²) in [6.07, 6.45) is 7.21. The summed E-state index contributed by atoms with van der Waals surface area (Å²) in [5.41, 5.74) is 0. The third kappa shape index (κ3) is 3.64. The van der Waals surface area contributed by atoms with Crippen LogP contribution in [0.3, 0.4) is 0 Å². The highest BCUT2D eigenvalue weighted by Crippen LogP contribution is 2.32. The average Bonchev–Trinajstić information content (AvgIpc) is 2.95. The predicted molar refractivity (Wildman–Crippen MR) is 73.9 cm³/mol. The Morgan fingerprint density at radius 3 is 2.95 bits per heavy atom. The summed E-state index contributed by atoms with van der Waals surface area (Å²) in [5, 5.41) is 11.9. The molecule has 2 N–H and O–H groups in total. The Morgan fingerprint density at radius 1 is 1.53 bits per heavy atom. The lowest BCUT2D eigenvalue weighted by molar-refractivity contribution is -0.131. The van der Waals surface area contributed by atoms with Gasteiger partial charge in [0.15, 0.2) is 5.13 Å². The van der Waals surface area contributed by atoms with E-state index in [9.17, 15) is 9.59 Å². The van der Waals surface area contributed by atoms with Crippen LogP contribution in [0.4, 0.5) is 5.13 Å². The minimum atomic E-state index is -1.00. The first-order valence-electron chi connectivity index (χ1n) is 6.24. The number of anilines is 1. The van der Waals surface area contributed by atoms with Crippen LogP contribution in [0, 0.1) is 11.8 Å². The molecule has 0 saturated heterocycles. The molecule has 19 heavy (non-hydrogen) atoms. The minimum Gasteiger partial charge on any atom is -0.478 e. The molecule has 1 saturated carbocycles. The second-order valence-electron chi connectivity index (χ2n) is 4.74. The predicted octanol–water partition coefficient (Wildman–Crippen LogP) is 2.62. The number of carboxylic acids is 1. The van der Waals surface area contributed by atoms with Gasteiger partial charge in [0.05, 0.1) is 0 Å². The number of aliphatic carboxylic acids is 1.